The van der Waals surface area contributed by atoms with Gasteiger partial charge in [0.1, 0.15) is 0 Å². The number of aromatic nitrogens is 2. The van der Waals surface area contributed by atoms with Crippen LogP contribution in [0.15, 0.2) is 48.8 Å². The van der Waals surface area contributed by atoms with E-state index in [0.29, 0.717) is 6.54 Å². The molecule has 0 atom stereocenters. The van der Waals surface area contributed by atoms with Gasteiger partial charge in [-0.2, -0.15) is 5.10 Å². The first-order chi connectivity index (χ1) is 7.36. The standard InChI is InChI=1S/C11H12N4.ClH/c12-11(15-8-4-7-14-15)13-9-10-5-2-1-3-6-10;/h1-8H,9H2,(H2,12,13);1H. The lowest BCUT2D eigenvalue weighted by Gasteiger charge is -2.07. The van der Waals surface area contributed by atoms with Gasteiger partial charge < -0.3 is 5.32 Å². The van der Waals surface area contributed by atoms with Crippen molar-refractivity contribution in [3.63, 3.8) is 0 Å². The molecule has 0 unspecified atom stereocenters. The summed E-state index contributed by atoms with van der Waals surface area (Å²) in [5, 5.41) is 14.6. The first kappa shape index (κ1) is 12.3. The van der Waals surface area contributed by atoms with E-state index in [4.69, 9.17) is 5.41 Å². The van der Waals surface area contributed by atoms with Gasteiger partial charge in [-0.25, -0.2) is 4.68 Å². The van der Waals surface area contributed by atoms with Crippen molar-refractivity contribution in [1.29, 1.82) is 5.41 Å². The third-order valence-electron chi connectivity index (χ3n) is 2.04. The van der Waals surface area contributed by atoms with Crippen molar-refractivity contribution in [3.8, 4) is 0 Å². The monoisotopic (exact) mass is 236 g/mol. The van der Waals surface area contributed by atoms with Crippen LogP contribution in [0.25, 0.3) is 0 Å². The average Bonchev–Trinajstić information content (AvgIpc) is 2.81. The first-order valence-corrected chi connectivity index (χ1v) is 4.72. The molecule has 0 amide bonds. The van der Waals surface area contributed by atoms with Crippen LogP contribution in [0.4, 0.5) is 0 Å². The van der Waals surface area contributed by atoms with E-state index in [2.05, 4.69) is 10.4 Å². The van der Waals surface area contributed by atoms with Crippen molar-refractivity contribution in [2.45, 2.75) is 6.54 Å². The fourth-order valence-corrected chi connectivity index (χ4v) is 1.26. The van der Waals surface area contributed by atoms with E-state index in [0.717, 1.165) is 5.56 Å². The molecule has 4 nitrogen and oxygen atoms in total. The van der Waals surface area contributed by atoms with Crippen molar-refractivity contribution in [3.05, 3.63) is 54.4 Å². The van der Waals surface area contributed by atoms with Crippen LogP contribution >= 0.6 is 12.4 Å². The highest BCUT2D eigenvalue weighted by molar-refractivity contribution is 5.85. The van der Waals surface area contributed by atoms with Crippen LogP contribution in [-0.4, -0.2) is 15.7 Å². The van der Waals surface area contributed by atoms with Gasteiger partial charge in [0.15, 0.2) is 0 Å². The topological polar surface area (TPSA) is 53.7 Å². The Labute approximate surface area is 100 Å². The summed E-state index contributed by atoms with van der Waals surface area (Å²) in [7, 11) is 0. The van der Waals surface area contributed by atoms with Crippen molar-refractivity contribution < 1.29 is 0 Å². The van der Waals surface area contributed by atoms with Crippen molar-refractivity contribution in [2.24, 2.45) is 0 Å². The SMILES string of the molecule is Cl.N=C(NCc1ccccc1)n1cccn1. The van der Waals surface area contributed by atoms with E-state index in [-0.39, 0.29) is 18.4 Å². The number of nitrogens with one attached hydrogen (secondary N) is 2. The number of hydrogen-bond acceptors (Lipinski definition) is 2. The molecular formula is C11H13ClN4. The Morgan fingerprint density at radius 3 is 2.62 bits per heavy atom. The Morgan fingerprint density at radius 1 is 1.25 bits per heavy atom. The second-order valence-electron chi connectivity index (χ2n) is 3.14. The molecule has 2 N–H and O–H groups in total. The minimum Gasteiger partial charge on any atom is -0.351 e. The zero-order valence-electron chi connectivity index (χ0n) is 8.63. The zero-order valence-corrected chi connectivity index (χ0v) is 9.45. The molecule has 0 aliphatic rings. The molecule has 0 spiro atoms. The second kappa shape index (κ2) is 5.92. The van der Waals surface area contributed by atoms with Crippen LogP contribution in [0.2, 0.25) is 0 Å². The first-order valence-electron chi connectivity index (χ1n) is 4.72. The minimum absolute atomic E-state index is 0. The Bertz CT molecular complexity index is 425. The molecule has 2 aromatic rings. The molecule has 1 aromatic heterocycles. The van der Waals surface area contributed by atoms with E-state index in [9.17, 15) is 0 Å². The summed E-state index contributed by atoms with van der Waals surface area (Å²) in [6.45, 7) is 0.638. The van der Waals surface area contributed by atoms with Gasteiger partial charge in [0.25, 0.3) is 0 Å². The molecular weight excluding hydrogens is 224 g/mol. The molecule has 5 heteroatoms. The Kier molecular flexibility index (Phi) is 4.54. The number of halogens is 1. The maximum Gasteiger partial charge on any atom is 0.216 e. The molecule has 1 aromatic carbocycles. The van der Waals surface area contributed by atoms with Crippen molar-refractivity contribution in [1.82, 2.24) is 15.1 Å². The second-order valence-corrected chi connectivity index (χ2v) is 3.14. The summed E-state index contributed by atoms with van der Waals surface area (Å²) in [5.74, 6) is 0.281. The molecule has 0 aliphatic carbocycles. The highest BCUT2D eigenvalue weighted by atomic mass is 35.5. The maximum absolute atomic E-state index is 7.69. The van der Waals surface area contributed by atoms with Gasteiger partial charge in [0, 0.05) is 18.9 Å². The lowest BCUT2D eigenvalue weighted by atomic mass is 10.2. The van der Waals surface area contributed by atoms with Gasteiger partial charge in [0.05, 0.1) is 0 Å². The summed E-state index contributed by atoms with van der Waals surface area (Å²) in [4.78, 5) is 0. The zero-order chi connectivity index (χ0) is 10.5. The van der Waals surface area contributed by atoms with Crippen LogP contribution in [0.5, 0.6) is 0 Å². The Morgan fingerprint density at radius 2 is 2.00 bits per heavy atom. The van der Waals surface area contributed by atoms with E-state index in [1.807, 2.05) is 30.3 Å². The average molecular weight is 237 g/mol. The summed E-state index contributed by atoms with van der Waals surface area (Å²) >= 11 is 0. The van der Waals surface area contributed by atoms with Crippen LogP contribution in [0.1, 0.15) is 5.56 Å². The van der Waals surface area contributed by atoms with E-state index in [1.165, 1.54) is 4.68 Å². The number of nitrogens with zero attached hydrogens (tertiary/aromatic N) is 2. The van der Waals surface area contributed by atoms with Crippen LogP contribution in [-0.2, 0) is 6.54 Å². The Balaban J connectivity index is 0.00000128. The molecule has 84 valence electrons. The smallest absolute Gasteiger partial charge is 0.216 e. The lowest BCUT2D eigenvalue weighted by molar-refractivity contribution is 0.805. The molecule has 16 heavy (non-hydrogen) atoms. The number of hydrogen-bond donors (Lipinski definition) is 2. The molecule has 0 bridgehead atoms. The summed E-state index contributed by atoms with van der Waals surface area (Å²) in [6.07, 6.45) is 3.39. The lowest BCUT2D eigenvalue weighted by Crippen LogP contribution is -2.29. The summed E-state index contributed by atoms with van der Waals surface area (Å²) < 4.78 is 1.49. The third-order valence-corrected chi connectivity index (χ3v) is 2.04. The van der Waals surface area contributed by atoms with Crippen LogP contribution < -0.4 is 5.32 Å². The van der Waals surface area contributed by atoms with Gasteiger partial charge in [0.2, 0.25) is 5.96 Å². The van der Waals surface area contributed by atoms with E-state index in [1.54, 1.807) is 18.5 Å². The fourth-order valence-electron chi connectivity index (χ4n) is 1.26. The number of benzene rings is 1. The van der Waals surface area contributed by atoms with Crippen molar-refractivity contribution >= 4 is 18.4 Å². The molecule has 2 rings (SSSR count). The summed E-state index contributed by atoms with van der Waals surface area (Å²) in [6, 6.07) is 11.8. The van der Waals surface area contributed by atoms with Crippen LogP contribution in [0.3, 0.4) is 0 Å². The fraction of sp³-hybridized carbons (Fsp3) is 0.0909. The molecule has 0 saturated heterocycles. The molecule has 0 radical (unpaired) electrons. The normalized spacial score (nSPS) is 9.25. The van der Waals surface area contributed by atoms with E-state index < -0.39 is 0 Å². The molecule has 0 fully saturated rings. The van der Waals surface area contributed by atoms with Gasteiger partial charge in [-0.3, -0.25) is 5.41 Å². The maximum atomic E-state index is 7.69. The van der Waals surface area contributed by atoms with Gasteiger partial charge in [-0.15, -0.1) is 12.4 Å². The van der Waals surface area contributed by atoms with Crippen molar-refractivity contribution in [2.75, 3.05) is 0 Å². The van der Waals surface area contributed by atoms with Gasteiger partial charge in [-0.1, -0.05) is 30.3 Å². The highest BCUT2D eigenvalue weighted by Crippen LogP contribution is 1.97. The molecule has 0 saturated carbocycles. The largest absolute Gasteiger partial charge is 0.351 e. The summed E-state index contributed by atoms with van der Waals surface area (Å²) in [5.41, 5.74) is 1.15. The highest BCUT2D eigenvalue weighted by Gasteiger charge is 1.98. The Hall–Kier alpha value is -1.81. The third kappa shape index (κ3) is 3.10. The predicted octanol–water partition coefficient (Wildman–Crippen LogP) is 1.88. The van der Waals surface area contributed by atoms with Crippen LogP contribution in [0, 0.1) is 5.41 Å². The molecule has 0 aliphatic heterocycles. The van der Waals surface area contributed by atoms with Gasteiger partial charge >= 0.3 is 0 Å². The predicted molar refractivity (Wildman–Crippen MR) is 65.9 cm³/mol. The van der Waals surface area contributed by atoms with E-state index >= 15 is 0 Å². The van der Waals surface area contributed by atoms with Gasteiger partial charge in [-0.05, 0) is 11.6 Å². The number of rotatable bonds is 2. The quantitative estimate of drug-likeness (QED) is 0.618. The minimum atomic E-state index is 0. The molecule has 1 heterocycles.